The molecule has 1 aromatic heterocycles. The van der Waals surface area contributed by atoms with E-state index in [9.17, 15) is 0 Å². The predicted molar refractivity (Wildman–Crippen MR) is 67.0 cm³/mol. The monoisotopic (exact) mass is 215 g/mol. The summed E-state index contributed by atoms with van der Waals surface area (Å²) in [4.78, 5) is 4.22. The Bertz CT molecular complexity index is 379. The summed E-state index contributed by atoms with van der Waals surface area (Å²) in [5.41, 5.74) is 2.03. The van der Waals surface area contributed by atoms with Crippen LogP contribution in [0.5, 0.6) is 0 Å². The molecular weight excluding hydrogens is 198 g/mol. The lowest BCUT2D eigenvalue weighted by Gasteiger charge is -2.08. The van der Waals surface area contributed by atoms with E-state index in [0.717, 1.165) is 23.4 Å². The van der Waals surface area contributed by atoms with Crippen LogP contribution in [0.2, 0.25) is 0 Å². The van der Waals surface area contributed by atoms with E-state index < -0.39 is 0 Å². The largest absolute Gasteiger partial charge is 0.493 e. The van der Waals surface area contributed by atoms with E-state index in [4.69, 9.17) is 4.74 Å². The topological polar surface area (TPSA) is 22.1 Å². The number of aromatic nitrogens is 1. The molecule has 2 nitrogen and oxygen atoms in total. The van der Waals surface area contributed by atoms with Crippen LogP contribution in [0, 0.1) is 0 Å². The van der Waals surface area contributed by atoms with E-state index in [1.54, 1.807) is 18.3 Å². The molecule has 0 atom stereocenters. The molecule has 1 rings (SSSR count). The van der Waals surface area contributed by atoms with Crippen molar-refractivity contribution in [3.63, 3.8) is 0 Å². The van der Waals surface area contributed by atoms with Crippen molar-refractivity contribution in [3.05, 3.63) is 66.7 Å². The average Bonchev–Trinajstić information content (AvgIpc) is 2.35. The zero-order valence-electron chi connectivity index (χ0n) is 9.65. The van der Waals surface area contributed by atoms with Crippen LogP contribution in [0.15, 0.2) is 61.0 Å². The molecule has 0 aliphatic carbocycles. The lowest BCUT2D eigenvalue weighted by Crippen LogP contribution is -2.00. The van der Waals surface area contributed by atoms with Crippen LogP contribution in [0.4, 0.5) is 0 Å². The third kappa shape index (κ3) is 3.73. The van der Waals surface area contributed by atoms with E-state index in [-0.39, 0.29) is 0 Å². The lowest BCUT2D eigenvalue weighted by molar-refractivity contribution is 0.225. The number of allylic oxidation sites excluding steroid dienone is 3. The summed E-state index contributed by atoms with van der Waals surface area (Å²) in [6.45, 7) is 9.96. The average molecular weight is 215 g/mol. The molecule has 84 valence electrons. The quantitative estimate of drug-likeness (QED) is 0.536. The third-order valence-electron chi connectivity index (χ3n) is 2.22. The third-order valence-corrected chi connectivity index (χ3v) is 2.22. The molecule has 0 unspecified atom stereocenters. The molecule has 0 fully saturated rings. The smallest absolute Gasteiger partial charge is 0.121 e. The molecular formula is C14H17NO. The first kappa shape index (κ1) is 12.2. The summed E-state index contributed by atoms with van der Waals surface area (Å²) in [6.07, 6.45) is 6.05. The van der Waals surface area contributed by atoms with E-state index >= 15 is 0 Å². The second-order valence-electron chi connectivity index (χ2n) is 3.38. The van der Waals surface area contributed by atoms with Crippen LogP contribution in [0.25, 0.3) is 0 Å². The highest BCUT2D eigenvalue weighted by atomic mass is 16.5. The van der Waals surface area contributed by atoms with Crippen molar-refractivity contribution >= 4 is 0 Å². The van der Waals surface area contributed by atoms with E-state index in [1.807, 2.05) is 25.1 Å². The predicted octanol–water partition coefficient (Wildman–Crippen LogP) is 3.29. The van der Waals surface area contributed by atoms with Gasteiger partial charge in [-0.1, -0.05) is 25.3 Å². The van der Waals surface area contributed by atoms with E-state index in [2.05, 4.69) is 18.1 Å². The minimum Gasteiger partial charge on any atom is -0.493 e. The molecule has 0 spiro atoms. The maximum absolute atomic E-state index is 5.60. The molecule has 0 radical (unpaired) electrons. The molecule has 16 heavy (non-hydrogen) atoms. The number of ether oxygens (including phenoxy) is 1. The van der Waals surface area contributed by atoms with Gasteiger partial charge in [0.1, 0.15) is 5.76 Å². The Morgan fingerprint density at radius 1 is 1.38 bits per heavy atom. The summed E-state index contributed by atoms with van der Waals surface area (Å²) < 4.78 is 5.60. The van der Waals surface area contributed by atoms with Gasteiger partial charge in [-0.15, -0.1) is 0 Å². The molecule has 1 heterocycles. The molecule has 0 saturated heterocycles. The first-order chi connectivity index (χ1) is 7.77. The molecule has 0 aliphatic heterocycles. The normalized spacial score (nSPS) is 11.6. The van der Waals surface area contributed by atoms with Crippen molar-refractivity contribution < 1.29 is 4.74 Å². The van der Waals surface area contributed by atoms with Gasteiger partial charge in [0.05, 0.1) is 6.61 Å². The number of hydrogen-bond donors (Lipinski definition) is 0. The van der Waals surface area contributed by atoms with Gasteiger partial charge in [0, 0.05) is 18.3 Å². The van der Waals surface area contributed by atoms with E-state index in [1.165, 1.54) is 0 Å². The number of rotatable bonds is 6. The van der Waals surface area contributed by atoms with Gasteiger partial charge in [0.2, 0.25) is 0 Å². The maximum Gasteiger partial charge on any atom is 0.121 e. The highest BCUT2D eigenvalue weighted by Gasteiger charge is 1.98. The first-order valence-corrected chi connectivity index (χ1v) is 5.26. The van der Waals surface area contributed by atoms with Crippen molar-refractivity contribution in [2.24, 2.45) is 0 Å². The Morgan fingerprint density at radius 2 is 2.19 bits per heavy atom. The summed E-state index contributed by atoms with van der Waals surface area (Å²) in [6, 6.07) is 5.86. The molecule has 0 aromatic carbocycles. The van der Waals surface area contributed by atoms with E-state index in [0.29, 0.717) is 6.61 Å². The number of hydrogen-bond acceptors (Lipinski definition) is 2. The zero-order valence-corrected chi connectivity index (χ0v) is 9.65. The highest BCUT2D eigenvalue weighted by Crippen LogP contribution is 2.08. The summed E-state index contributed by atoms with van der Waals surface area (Å²) >= 11 is 0. The van der Waals surface area contributed by atoms with Crippen molar-refractivity contribution in [1.82, 2.24) is 4.98 Å². The second kappa shape index (κ2) is 6.62. The van der Waals surface area contributed by atoms with Crippen LogP contribution < -0.4 is 0 Å². The van der Waals surface area contributed by atoms with Crippen molar-refractivity contribution in [2.75, 3.05) is 6.61 Å². The molecule has 1 aromatic rings. The lowest BCUT2D eigenvalue weighted by atomic mass is 10.2. The van der Waals surface area contributed by atoms with Gasteiger partial charge in [-0.3, -0.25) is 4.98 Å². The van der Waals surface area contributed by atoms with Gasteiger partial charge in [-0.05, 0) is 30.7 Å². The molecule has 0 saturated carbocycles. The fraction of sp³-hybridized carbons (Fsp3) is 0.214. The maximum atomic E-state index is 5.60. The fourth-order valence-corrected chi connectivity index (χ4v) is 1.25. The second-order valence-corrected chi connectivity index (χ2v) is 3.38. The Morgan fingerprint density at radius 3 is 2.75 bits per heavy atom. The van der Waals surface area contributed by atoms with Gasteiger partial charge < -0.3 is 4.74 Å². The zero-order chi connectivity index (χ0) is 11.8. The van der Waals surface area contributed by atoms with Gasteiger partial charge in [0.25, 0.3) is 0 Å². The first-order valence-electron chi connectivity index (χ1n) is 5.26. The molecule has 0 bridgehead atoms. The van der Waals surface area contributed by atoms with Gasteiger partial charge in [-0.2, -0.15) is 0 Å². The highest BCUT2D eigenvalue weighted by molar-refractivity contribution is 5.24. The molecule has 2 heteroatoms. The number of pyridine rings is 1. The molecule has 0 N–H and O–H groups in total. The SMILES string of the molecule is C=C/C(C)=C(\C=C)OCCc1ccccn1. The van der Waals surface area contributed by atoms with Crippen LogP contribution in [-0.4, -0.2) is 11.6 Å². The van der Waals surface area contributed by atoms with Crippen LogP contribution in [-0.2, 0) is 11.2 Å². The van der Waals surface area contributed by atoms with Gasteiger partial charge in [0.15, 0.2) is 0 Å². The molecule has 0 aliphatic rings. The van der Waals surface area contributed by atoms with Gasteiger partial charge >= 0.3 is 0 Å². The standard InChI is InChI=1S/C14H17NO/c1-4-12(3)14(5-2)16-11-9-13-8-6-7-10-15-13/h4-8,10H,1-2,9,11H2,3H3/b14-12+. The molecule has 0 amide bonds. The Labute approximate surface area is 97.0 Å². The Hall–Kier alpha value is -1.83. The minimum atomic E-state index is 0.601. The summed E-state index contributed by atoms with van der Waals surface area (Å²) in [7, 11) is 0. The van der Waals surface area contributed by atoms with Crippen LogP contribution >= 0.6 is 0 Å². The van der Waals surface area contributed by atoms with Gasteiger partial charge in [-0.25, -0.2) is 0 Å². The summed E-state index contributed by atoms with van der Waals surface area (Å²) in [5.74, 6) is 0.783. The van der Waals surface area contributed by atoms with Crippen molar-refractivity contribution in [3.8, 4) is 0 Å². The Kier molecular flexibility index (Phi) is 5.06. The minimum absolute atomic E-state index is 0.601. The summed E-state index contributed by atoms with van der Waals surface area (Å²) in [5, 5.41) is 0. The fourth-order valence-electron chi connectivity index (χ4n) is 1.25. The van der Waals surface area contributed by atoms with Crippen LogP contribution in [0.3, 0.4) is 0 Å². The number of nitrogens with zero attached hydrogens (tertiary/aromatic N) is 1. The van der Waals surface area contributed by atoms with Crippen molar-refractivity contribution in [1.29, 1.82) is 0 Å². The van der Waals surface area contributed by atoms with Crippen molar-refractivity contribution in [2.45, 2.75) is 13.3 Å². The van der Waals surface area contributed by atoms with Crippen LogP contribution in [0.1, 0.15) is 12.6 Å². The Balaban J connectivity index is 2.46.